The number of amides is 1. The van der Waals surface area contributed by atoms with Crippen molar-refractivity contribution in [3.8, 4) is 0 Å². The lowest BCUT2D eigenvalue weighted by Crippen LogP contribution is -2.25. The fourth-order valence-electron chi connectivity index (χ4n) is 2.10. The van der Waals surface area contributed by atoms with Crippen LogP contribution in [-0.2, 0) is 11.2 Å². The maximum absolute atomic E-state index is 12.0. The van der Waals surface area contributed by atoms with E-state index in [4.69, 9.17) is 0 Å². The Morgan fingerprint density at radius 1 is 1.14 bits per heavy atom. The number of hydrogen-bond donors (Lipinski definition) is 1. The smallest absolute Gasteiger partial charge is 0.275 e. The van der Waals surface area contributed by atoms with Crippen LogP contribution >= 0.6 is 0 Å². The highest BCUT2D eigenvalue weighted by atomic mass is 16.2. The van der Waals surface area contributed by atoms with Gasteiger partial charge in [-0.15, -0.1) is 0 Å². The Morgan fingerprint density at radius 3 is 2.62 bits per heavy atom. The van der Waals surface area contributed by atoms with E-state index >= 15 is 0 Å². The van der Waals surface area contributed by atoms with Gasteiger partial charge in [0.25, 0.3) is 5.91 Å². The molecule has 2 heterocycles. The molecule has 2 aromatic rings. The van der Waals surface area contributed by atoms with Crippen LogP contribution in [0, 0.1) is 0 Å². The number of nitrogens with zero attached hydrogens (tertiary/aromatic N) is 2. The SMILES string of the molecule is CCc1ccc(/C=C2/N=C(c3ccccn3)NC2=O)cc1. The van der Waals surface area contributed by atoms with Crippen LogP contribution in [0.4, 0.5) is 0 Å². The summed E-state index contributed by atoms with van der Waals surface area (Å²) < 4.78 is 0. The van der Waals surface area contributed by atoms with Gasteiger partial charge in [-0.2, -0.15) is 0 Å². The number of hydrogen-bond acceptors (Lipinski definition) is 3. The van der Waals surface area contributed by atoms with E-state index in [0.717, 1.165) is 12.0 Å². The molecule has 1 aromatic heterocycles. The molecule has 3 rings (SSSR count). The summed E-state index contributed by atoms with van der Waals surface area (Å²) in [5.74, 6) is 0.298. The first-order valence-corrected chi connectivity index (χ1v) is 6.88. The second kappa shape index (κ2) is 5.71. The topological polar surface area (TPSA) is 54.4 Å². The van der Waals surface area contributed by atoms with E-state index in [9.17, 15) is 4.79 Å². The number of amidine groups is 1. The molecule has 1 amide bonds. The van der Waals surface area contributed by atoms with E-state index in [1.165, 1.54) is 5.56 Å². The van der Waals surface area contributed by atoms with Crippen LogP contribution in [0.1, 0.15) is 23.7 Å². The lowest BCUT2D eigenvalue weighted by Gasteiger charge is -1.98. The molecule has 0 saturated heterocycles. The molecule has 0 saturated carbocycles. The summed E-state index contributed by atoms with van der Waals surface area (Å²) in [7, 11) is 0. The highest BCUT2D eigenvalue weighted by molar-refractivity contribution is 6.19. The Labute approximate surface area is 123 Å². The fourth-order valence-corrected chi connectivity index (χ4v) is 2.10. The average Bonchev–Trinajstić information content (AvgIpc) is 2.90. The van der Waals surface area contributed by atoms with E-state index in [-0.39, 0.29) is 5.91 Å². The predicted molar refractivity (Wildman–Crippen MR) is 82.7 cm³/mol. The number of rotatable bonds is 3. The third-order valence-electron chi connectivity index (χ3n) is 3.30. The van der Waals surface area contributed by atoms with Crippen LogP contribution in [0.2, 0.25) is 0 Å². The molecule has 0 aliphatic carbocycles. The second-order valence-electron chi connectivity index (χ2n) is 4.75. The van der Waals surface area contributed by atoms with Gasteiger partial charge >= 0.3 is 0 Å². The molecule has 4 nitrogen and oxygen atoms in total. The lowest BCUT2D eigenvalue weighted by molar-refractivity contribution is -0.115. The van der Waals surface area contributed by atoms with Gasteiger partial charge in [0.1, 0.15) is 11.4 Å². The Balaban J connectivity index is 1.89. The molecule has 104 valence electrons. The maximum Gasteiger partial charge on any atom is 0.275 e. The molecule has 0 atom stereocenters. The minimum atomic E-state index is -0.199. The number of pyridine rings is 1. The number of benzene rings is 1. The van der Waals surface area contributed by atoms with E-state index in [1.54, 1.807) is 12.3 Å². The highest BCUT2D eigenvalue weighted by Crippen LogP contribution is 2.15. The number of carbonyl (C=O) groups is 1. The zero-order valence-electron chi connectivity index (χ0n) is 11.7. The van der Waals surface area contributed by atoms with Crippen molar-refractivity contribution in [2.75, 3.05) is 0 Å². The third kappa shape index (κ3) is 2.89. The second-order valence-corrected chi connectivity index (χ2v) is 4.75. The number of aryl methyl sites for hydroxylation is 1. The van der Waals surface area contributed by atoms with Gasteiger partial charge in [-0.3, -0.25) is 9.78 Å². The summed E-state index contributed by atoms with van der Waals surface area (Å²) in [6.45, 7) is 2.11. The molecule has 1 N–H and O–H groups in total. The molecule has 0 bridgehead atoms. The normalized spacial score (nSPS) is 16.0. The fraction of sp³-hybridized carbons (Fsp3) is 0.118. The largest absolute Gasteiger partial charge is 0.303 e. The van der Waals surface area contributed by atoms with Crippen molar-refractivity contribution < 1.29 is 4.79 Å². The molecular weight excluding hydrogens is 262 g/mol. The van der Waals surface area contributed by atoms with Gasteiger partial charge in [0.05, 0.1) is 0 Å². The van der Waals surface area contributed by atoms with Crippen LogP contribution in [0.3, 0.4) is 0 Å². The quantitative estimate of drug-likeness (QED) is 0.877. The first kappa shape index (κ1) is 13.2. The van der Waals surface area contributed by atoms with Crippen LogP contribution in [-0.4, -0.2) is 16.7 Å². The molecule has 1 aromatic carbocycles. The van der Waals surface area contributed by atoms with Crippen LogP contribution < -0.4 is 5.32 Å². The number of aliphatic imine (C=N–C) groups is 1. The Kier molecular flexibility index (Phi) is 3.60. The highest BCUT2D eigenvalue weighted by Gasteiger charge is 2.21. The lowest BCUT2D eigenvalue weighted by atomic mass is 10.1. The molecule has 1 aliphatic rings. The number of nitrogens with one attached hydrogen (secondary N) is 1. The van der Waals surface area contributed by atoms with Gasteiger partial charge < -0.3 is 5.32 Å². The minimum absolute atomic E-state index is 0.199. The zero-order valence-corrected chi connectivity index (χ0v) is 11.7. The molecular formula is C17H15N3O. The Morgan fingerprint density at radius 2 is 1.95 bits per heavy atom. The third-order valence-corrected chi connectivity index (χ3v) is 3.30. The van der Waals surface area contributed by atoms with E-state index < -0.39 is 0 Å². The van der Waals surface area contributed by atoms with Gasteiger partial charge in [-0.1, -0.05) is 37.3 Å². The van der Waals surface area contributed by atoms with Crippen molar-refractivity contribution in [3.63, 3.8) is 0 Å². The summed E-state index contributed by atoms with van der Waals surface area (Å²) in [5.41, 5.74) is 3.30. The van der Waals surface area contributed by atoms with E-state index in [0.29, 0.717) is 17.2 Å². The minimum Gasteiger partial charge on any atom is -0.303 e. The molecule has 0 fully saturated rings. The number of carbonyl (C=O) groups excluding carboxylic acids is 1. The molecule has 4 heteroatoms. The molecule has 21 heavy (non-hydrogen) atoms. The summed E-state index contributed by atoms with van der Waals surface area (Å²) in [4.78, 5) is 20.5. The maximum atomic E-state index is 12.0. The molecule has 0 radical (unpaired) electrons. The van der Waals surface area contributed by atoms with Crippen molar-refractivity contribution in [2.24, 2.45) is 4.99 Å². The standard InChI is InChI=1S/C17H15N3O/c1-2-12-6-8-13(9-7-12)11-15-17(21)20-16(19-15)14-5-3-4-10-18-14/h3-11H,2H2,1H3,(H,19,20,21)/b15-11+. The van der Waals surface area contributed by atoms with Gasteiger partial charge in [0.15, 0.2) is 5.84 Å². The summed E-state index contributed by atoms with van der Waals surface area (Å²) in [5, 5.41) is 2.74. The van der Waals surface area contributed by atoms with Crippen LogP contribution in [0.5, 0.6) is 0 Å². The monoisotopic (exact) mass is 277 g/mol. The molecule has 1 aliphatic heterocycles. The van der Waals surface area contributed by atoms with Crippen molar-refractivity contribution in [2.45, 2.75) is 13.3 Å². The van der Waals surface area contributed by atoms with E-state index in [2.05, 4.69) is 34.3 Å². The van der Waals surface area contributed by atoms with Gasteiger partial charge in [0.2, 0.25) is 0 Å². The average molecular weight is 277 g/mol. The van der Waals surface area contributed by atoms with Gasteiger partial charge in [-0.05, 0) is 35.8 Å². The van der Waals surface area contributed by atoms with Crippen molar-refractivity contribution in [1.29, 1.82) is 0 Å². The predicted octanol–water partition coefficient (Wildman–Crippen LogP) is 2.56. The summed E-state index contributed by atoms with van der Waals surface area (Å²) in [6.07, 6.45) is 4.46. The number of aromatic nitrogens is 1. The van der Waals surface area contributed by atoms with Crippen molar-refractivity contribution in [1.82, 2.24) is 10.3 Å². The van der Waals surface area contributed by atoms with Crippen molar-refractivity contribution >= 4 is 17.8 Å². The van der Waals surface area contributed by atoms with Crippen LogP contribution in [0.25, 0.3) is 6.08 Å². The van der Waals surface area contributed by atoms with Crippen molar-refractivity contribution in [3.05, 3.63) is 71.2 Å². The molecule has 0 spiro atoms. The Bertz CT molecular complexity index is 715. The Hall–Kier alpha value is -2.75. The molecule has 0 unspecified atom stereocenters. The first-order chi connectivity index (χ1) is 10.3. The first-order valence-electron chi connectivity index (χ1n) is 6.88. The zero-order chi connectivity index (χ0) is 14.7. The summed E-state index contributed by atoms with van der Waals surface area (Å²) >= 11 is 0. The van der Waals surface area contributed by atoms with Gasteiger partial charge in [-0.25, -0.2) is 4.99 Å². The van der Waals surface area contributed by atoms with Gasteiger partial charge in [0, 0.05) is 6.20 Å². The van der Waals surface area contributed by atoms with Crippen LogP contribution in [0.15, 0.2) is 59.4 Å². The van der Waals surface area contributed by atoms with E-state index in [1.807, 2.05) is 30.3 Å². The summed E-state index contributed by atoms with van der Waals surface area (Å²) in [6, 6.07) is 13.6.